The summed E-state index contributed by atoms with van der Waals surface area (Å²) in [5.74, 6) is -0.331. The molecule has 1 aliphatic heterocycles. The van der Waals surface area contributed by atoms with Crippen LogP contribution in [0.25, 0.3) is 0 Å². The maximum atomic E-state index is 13.4. The van der Waals surface area contributed by atoms with E-state index in [0.29, 0.717) is 0 Å². The first-order valence-corrected chi connectivity index (χ1v) is 11.6. The van der Waals surface area contributed by atoms with Crippen molar-refractivity contribution in [3.63, 3.8) is 0 Å². The lowest BCUT2D eigenvalue weighted by Crippen LogP contribution is -2.51. The molecule has 0 aliphatic carbocycles. The van der Waals surface area contributed by atoms with Gasteiger partial charge in [-0.05, 0) is 16.7 Å². The molecule has 0 saturated carbocycles. The van der Waals surface area contributed by atoms with E-state index < -0.39 is 24.4 Å². The third-order valence-corrected chi connectivity index (χ3v) is 5.47. The van der Waals surface area contributed by atoms with Gasteiger partial charge in [0.2, 0.25) is 0 Å². The smallest absolute Gasteiger partial charge is 0.428 e. The van der Waals surface area contributed by atoms with Gasteiger partial charge in [-0.3, -0.25) is 4.79 Å². The Morgan fingerprint density at radius 2 is 1.33 bits per heavy atom. The molecule has 0 aromatic heterocycles. The first-order valence-electron chi connectivity index (χ1n) is 11.6. The predicted molar refractivity (Wildman–Crippen MR) is 133 cm³/mol. The van der Waals surface area contributed by atoms with Crippen LogP contribution in [0.15, 0.2) is 96.1 Å². The van der Waals surface area contributed by atoms with Crippen molar-refractivity contribution in [3.8, 4) is 0 Å². The van der Waals surface area contributed by atoms with Gasteiger partial charge < -0.3 is 18.9 Å². The molecule has 36 heavy (non-hydrogen) atoms. The highest BCUT2D eigenvalue weighted by Gasteiger charge is 2.39. The van der Waals surface area contributed by atoms with Crippen LogP contribution in [-0.2, 0) is 43.6 Å². The van der Waals surface area contributed by atoms with E-state index in [0.717, 1.165) is 16.7 Å². The fourth-order valence-corrected chi connectivity index (χ4v) is 3.67. The molecule has 3 aromatic rings. The van der Waals surface area contributed by atoms with Crippen LogP contribution >= 0.6 is 0 Å². The second kappa shape index (κ2) is 13.3. The van der Waals surface area contributed by atoms with E-state index in [4.69, 9.17) is 18.9 Å². The van der Waals surface area contributed by atoms with Crippen LogP contribution in [-0.4, -0.2) is 43.0 Å². The molecule has 1 amide bonds. The molecular formula is C28H28N2O6. The minimum Gasteiger partial charge on any atom is -0.436 e. The van der Waals surface area contributed by atoms with E-state index in [1.807, 2.05) is 91.0 Å². The molecule has 1 N–H and O–H groups in total. The van der Waals surface area contributed by atoms with Gasteiger partial charge in [0.05, 0.1) is 26.0 Å². The number of ether oxygens (including phenoxy) is 4. The van der Waals surface area contributed by atoms with E-state index in [9.17, 15) is 9.59 Å². The number of hydrogen-bond acceptors (Lipinski definition) is 7. The number of hydrogen-bond donors (Lipinski definition) is 1. The maximum Gasteiger partial charge on any atom is 0.428 e. The molecule has 3 atom stereocenters. The van der Waals surface area contributed by atoms with Crippen LogP contribution in [0.2, 0.25) is 0 Å². The van der Waals surface area contributed by atoms with Crippen LogP contribution in [0.4, 0.5) is 4.79 Å². The number of carbonyl (C=O) groups is 2. The molecule has 0 spiro atoms. The fraction of sp³-hybridized carbons (Fsp3) is 0.250. The van der Waals surface area contributed by atoms with Gasteiger partial charge in [-0.25, -0.2) is 10.2 Å². The fourth-order valence-electron chi connectivity index (χ4n) is 3.67. The topological polar surface area (TPSA) is 95.5 Å². The number of cyclic esters (lactones) is 1. The van der Waals surface area contributed by atoms with Crippen molar-refractivity contribution >= 4 is 18.1 Å². The quantitative estimate of drug-likeness (QED) is 0.390. The lowest BCUT2D eigenvalue weighted by molar-refractivity contribution is -0.157. The average molecular weight is 489 g/mol. The van der Waals surface area contributed by atoms with E-state index in [1.165, 1.54) is 6.21 Å². The average Bonchev–Trinajstić information content (AvgIpc) is 2.92. The molecule has 0 fully saturated rings. The number of nitrogens with one attached hydrogen (secondary N) is 1. The lowest BCUT2D eigenvalue weighted by Gasteiger charge is -2.31. The van der Waals surface area contributed by atoms with Crippen LogP contribution in [0.3, 0.4) is 0 Å². The molecule has 0 saturated heterocycles. The van der Waals surface area contributed by atoms with Crippen molar-refractivity contribution in [2.24, 2.45) is 5.10 Å². The molecule has 4 rings (SSSR count). The Morgan fingerprint density at radius 3 is 1.89 bits per heavy atom. The number of hydrazone groups is 1. The standard InChI is InChI=1S/C28H28N2O6/c31-24(20-33-17-21-10-4-1-5-11-21)26(34-18-22-12-6-2-7-13-22)27(25-16-29-30-28(32)36-25)35-19-23-14-8-3-9-15-23/h1-16,25-27H,17-20H2,(H,30,32)/t25-,26+,27+/m0/s1. The zero-order valence-electron chi connectivity index (χ0n) is 19.7. The molecule has 1 heterocycles. The largest absolute Gasteiger partial charge is 0.436 e. The van der Waals surface area contributed by atoms with Crippen molar-refractivity contribution in [2.45, 2.75) is 38.1 Å². The number of ketones is 1. The van der Waals surface area contributed by atoms with Crippen LogP contribution in [0.5, 0.6) is 0 Å². The summed E-state index contributed by atoms with van der Waals surface area (Å²) >= 11 is 0. The van der Waals surface area contributed by atoms with Crippen molar-refractivity contribution in [2.75, 3.05) is 6.61 Å². The SMILES string of the molecule is O=C1NN=C[C@@H]([C@@H](OCc2ccccc2)[C@H](OCc2ccccc2)C(=O)COCc2ccccc2)O1. The summed E-state index contributed by atoms with van der Waals surface area (Å²) < 4.78 is 23.4. The number of carbonyl (C=O) groups excluding carboxylic acids is 2. The van der Waals surface area contributed by atoms with Crippen LogP contribution in [0, 0.1) is 0 Å². The van der Waals surface area contributed by atoms with Crippen LogP contribution < -0.4 is 5.43 Å². The summed E-state index contributed by atoms with van der Waals surface area (Å²) in [4.78, 5) is 25.3. The molecule has 186 valence electrons. The first kappa shape index (κ1) is 25.2. The van der Waals surface area contributed by atoms with Gasteiger partial charge in [0, 0.05) is 0 Å². The number of rotatable bonds is 13. The maximum absolute atomic E-state index is 13.4. The Hall–Kier alpha value is -3.85. The van der Waals surface area contributed by atoms with E-state index >= 15 is 0 Å². The predicted octanol–water partition coefficient (Wildman–Crippen LogP) is 4.04. The van der Waals surface area contributed by atoms with Crippen molar-refractivity contribution in [1.82, 2.24) is 5.43 Å². The summed E-state index contributed by atoms with van der Waals surface area (Å²) in [6.07, 6.45) is -2.29. The van der Waals surface area contributed by atoms with Crippen LogP contribution in [0.1, 0.15) is 16.7 Å². The second-order valence-corrected chi connectivity index (χ2v) is 8.18. The minimum absolute atomic E-state index is 0.164. The molecule has 1 aliphatic rings. The highest BCUT2D eigenvalue weighted by molar-refractivity contribution is 5.86. The molecule has 3 aromatic carbocycles. The first-order chi connectivity index (χ1) is 17.7. The van der Waals surface area contributed by atoms with E-state index in [2.05, 4.69) is 10.5 Å². The molecular weight excluding hydrogens is 460 g/mol. The molecule has 0 radical (unpaired) electrons. The number of nitrogens with zero attached hydrogens (tertiary/aromatic N) is 1. The van der Waals surface area contributed by atoms with E-state index in [1.54, 1.807) is 0 Å². The van der Waals surface area contributed by atoms with Crippen molar-refractivity contribution in [3.05, 3.63) is 108 Å². The highest BCUT2D eigenvalue weighted by atomic mass is 16.6. The Labute approximate surface area is 209 Å². The van der Waals surface area contributed by atoms with Gasteiger partial charge in [-0.1, -0.05) is 91.0 Å². The molecule has 8 heteroatoms. The Bertz CT molecular complexity index is 1120. The van der Waals surface area contributed by atoms with Crippen molar-refractivity contribution in [1.29, 1.82) is 0 Å². The third-order valence-electron chi connectivity index (χ3n) is 5.47. The van der Waals surface area contributed by atoms with Gasteiger partial charge in [-0.2, -0.15) is 5.10 Å². The van der Waals surface area contributed by atoms with Gasteiger partial charge in [-0.15, -0.1) is 0 Å². The zero-order valence-corrected chi connectivity index (χ0v) is 19.7. The van der Waals surface area contributed by atoms with Crippen molar-refractivity contribution < 1.29 is 28.5 Å². The summed E-state index contributed by atoms with van der Waals surface area (Å²) in [7, 11) is 0. The normalized spacial score (nSPS) is 16.6. The minimum atomic E-state index is -1.08. The van der Waals surface area contributed by atoms with Gasteiger partial charge in [0.15, 0.2) is 11.9 Å². The lowest BCUT2D eigenvalue weighted by atomic mass is 10.0. The highest BCUT2D eigenvalue weighted by Crippen LogP contribution is 2.19. The Morgan fingerprint density at radius 1 is 0.806 bits per heavy atom. The van der Waals surface area contributed by atoms with Gasteiger partial charge in [0.25, 0.3) is 0 Å². The monoisotopic (exact) mass is 488 g/mol. The van der Waals surface area contributed by atoms with E-state index in [-0.39, 0.29) is 32.2 Å². The third kappa shape index (κ3) is 7.58. The second-order valence-electron chi connectivity index (χ2n) is 8.18. The Kier molecular flexibility index (Phi) is 9.32. The summed E-state index contributed by atoms with van der Waals surface area (Å²) in [5.41, 5.74) is 4.95. The summed E-state index contributed by atoms with van der Waals surface area (Å²) in [6, 6.07) is 28.6. The summed E-state index contributed by atoms with van der Waals surface area (Å²) in [5, 5.41) is 3.85. The summed E-state index contributed by atoms with van der Waals surface area (Å²) in [6.45, 7) is 0.425. The van der Waals surface area contributed by atoms with Gasteiger partial charge >= 0.3 is 6.09 Å². The zero-order chi connectivity index (χ0) is 25.0. The number of amides is 1. The van der Waals surface area contributed by atoms with Gasteiger partial charge in [0.1, 0.15) is 18.8 Å². The Balaban J connectivity index is 1.52. The molecule has 0 unspecified atom stereocenters. The molecule has 8 nitrogen and oxygen atoms in total. The molecule has 0 bridgehead atoms. The number of benzene rings is 3. The number of Topliss-reactive ketones (excluding diaryl/α,β-unsaturated/α-hetero) is 1.